The van der Waals surface area contributed by atoms with Gasteiger partial charge in [0, 0.05) is 25.9 Å². The van der Waals surface area contributed by atoms with Crippen LogP contribution in [0.5, 0.6) is 0 Å². The number of carbonyl (C=O) groups excluding carboxylic acids is 1. The minimum atomic E-state index is -0.125. The predicted octanol–water partition coefficient (Wildman–Crippen LogP) is 0.311. The van der Waals surface area contributed by atoms with Crippen molar-refractivity contribution in [3.63, 3.8) is 0 Å². The van der Waals surface area contributed by atoms with Crippen molar-refractivity contribution in [1.29, 1.82) is 0 Å². The van der Waals surface area contributed by atoms with Crippen LogP contribution in [0.25, 0.3) is 0 Å². The average Bonchev–Trinajstić information content (AvgIpc) is 2.61. The molecule has 0 aliphatic carbocycles. The Morgan fingerprint density at radius 2 is 2.47 bits per heavy atom. The number of rotatable bonds is 5. The minimum absolute atomic E-state index is 0.0690. The monoisotopic (exact) mass is 211 g/mol. The lowest BCUT2D eigenvalue weighted by molar-refractivity contribution is 0.0927. The Balaban J connectivity index is 2.46. The smallest absolute Gasteiger partial charge is 0.269 e. The summed E-state index contributed by atoms with van der Waals surface area (Å²) in [6, 6.07) is 1.74. The molecule has 15 heavy (non-hydrogen) atoms. The number of nitrogens with zero attached hydrogens (tertiary/aromatic N) is 2. The standard InChI is InChI=1S/C10H17N3O2/c1-8(4-3-7-14)12-10(15)9-5-6-11-13(9)2/h5-6,8,14H,3-4,7H2,1-2H3,(H,12,15). The number of aliphatic hydroxyl groups excluding tert-OH is 1. The van der Waals surface area contributed by atoms with E-state index in [1.807, 2.05) is 6.92 Å². The molecule has 0 radical (unpaired) electrons. The molecule has 1 aromatic heterocycles. The zero-order valence-electron chi connectivity index (χ0n) is 9.10. The van der Waals surface area contributed by atoms with Gasteiger partial charge in [0.25, 0.3) is 5.91 Å². The second-order valence-electron chi connectivity index (χ2n) is 3.58. The zero-order chi connectivity index (χ0) is 11.3. The summed E-state index contributed by atoms with van der Waals surface area (Å²) in [6.07, 6.45) is 3.07. The molecule has 1 rings (SSSR count). The molecule has 0 saturated heterocycles. The van der Waals surface area contributed by atoms with Crippen molar-refractivity contribution in [2.45, 2.75) is 25.8 Å². The first kappa shape index (κ1) is 11.7. The molecule has 0 aliphatic heterocycles. The molecular weight excluding hydrogens is 194 g/mol. The van der Waals surface area contributed by atoms with Crippen molar-refractivity contribution in [2.24, 2.45) is 7.05 Å². The largest absolute Gasteiger partial charge is 0.396 e. The third-order valence-electron chi connectivity index (χ3n) is 2.23. The summed E-state index contributed by atoms with van der Waals surface area (Å²) in [5, 5.41) is 15.4. The van der Waals surface area contributed by atoms with Gasteiger partial charge in [-0.05, 0) is 25.8 Å². The second-order valence-corrected chi connectivity index (χ2v) is 3.58. The van der Waals surface area contributed by atoms with Gasteiger partial charge in [0.15, 0.2) is 0 Å². The maximum absolute atomic E-state index is 11.7. The van der Waals surface area contributed by atoms with E-state index >= 15 is 0 Å². The fraction of sp³-hybridized carbons (Fsp3) is 0.600. The van der Waals surface area contributed by atoms with Crippen LogP contribution < -0.4 is 5.32 Å². The summed E-state index contributed by atoms with van der Waals surface area (Å²) in [5.41, 5.74) is 0.547. The van der Waals surface area contributed by atoms with Gasteiger partial charge in [0.2, 0.25) is 0 Å². The number of hydrogen-bond donors (Lipinski definition) is 2. The second kappa shape index (κ2) is 5.50. The van der Waals surface area contributed by atoms with E-state index in [1.165, 1.54) is 4.68 Å². The Bertz CT molecular complexity index is 322. The molecule has 84 valence electrons. The highest BCUT2D eigenvalue weighted by molar-refractivity contribution is 5.92. The molecule has 0 aliphatic rings. The number of amides is 1. The molecule has 0 aromatic carbocycles. The SMILES string of the molecule is CC(CCCO)NC(=O)c1ccnn1C. The van der Waals surface area contributed by atoms with E-state index in [1.54, 1.807) is 19.3 Å². The Labute approximate surface area is 89.1 Å². The Hall–Kier alpha value is -1.36. The summed E-state index contributed by atoms with van der Waals surface area (Å²) >= 11 is 0. The van der Waals surface area contributed by atoms with E-state index in [9.17, 15) is 4.79 Å². The van der Waals surface area contributed by atoms with Crippen LogP contribution in [0.4, 0.5) is 0 Å². The number of aromatic nitrogens is 2. The van der Waals surface area contributed by atoms with Gasteiger partial charge < -0.3 is 10.4 Å². The molecule has 0 saturated carbocycles. The molecule has 2 N–H and O–H groups in total. The quantitative estimate of drug-likeness (QED) is 0.736. The maximum Gasteiger partial charge on any atom is 0.269 e. The molecule has 1 atom stereocenters. The third kappa shape index (κ3) is 3.36. The number of carbonyl (C=O) groups is 1. The first-order valence-electron chi connectivity index (χ1n) is 5.05. The van der Waals surface area contributed by atoms with Gasteiger partial charge in [-0.2, -0.15) is 5.10 Å². The van der Waals surface area contributed by atoms with Gasteiger partial charge in [0.05, 0.1) is 0 Å². The van der Waals surface area contributed by atoms with Crippen LogP contribution in [-0.4, -0.2) is 33.4 Å². The van der Waals surface area contributed by atoms with Crippen LogP contribution in [0.3, 0.4) is 0 Å². The molecule has 0 bridgehead atoms. The zero-order valence-corrected chi connectivity index (χ0v) is 9.10. The molecule has 1 aromatic rings. The number of hydrogen-bond acceptors (Lipinski definition) is 3. The maximum atomic E-state index is 11.7. The van der Waals surface area contributed by atoms with Gasteiger partial charge >= 0.3 is 0 Å². The molecule has 0 fully saturated rings. The normalized spacial score (nSPS) is 12.5. The molecule has 0 spiro atoms. The Morgan fingerprint density at radius 1 is 1.73 bits per heavy atom. The van der Waals surface area contributed by atoms with E-state index < -0.39 is 0 Å². The van der Waals surface area contributed by atoms with Gasteiger partial charge in [-0.1, -0.05) is 0 Å². The van der Waals surface area contributed by atoms with E-state index in [-0.39, 0.29) is 18.6 Å². The molecule has 5 nitrogen and oxygen atoms in total. The first-order valence-corrected chi connectivity index (χ1v) is 5.05. The van der Waals surface area contributed by atoms with Gasteiger partial charge in [-0.3, -0.25) is 9.48 Å². The van der Waals surface area contributed by atoms with Crippen molar-refractivity contribution < 1.29 is 9.90 Å². The minimum Gasteiger partial charge on any atom is -0.396 e. The summed E-state index contributed by atoms with van der Waals surface area (Å²) in [4.78, 5) is 11.7. The molecular formula is C10H17N3O2. The lowest BCUT2D eigenvalue weighted by Gasteiger charge is -2.12. The van der Waals surface area contributed by atoms with Crippen molar-refractivity contribution in [3.05, 3.63) is 18.0 Å². The average molecular weight is 211 g/mol. The Kier molecular flexibility index (Phi) is 4.30. The molecule has 5 heteroatoms. The highest BCUT2D eigenvalue weighted by Crippen LogP contribution is 2.00. The van der Waals surface area contributed by atoms with E-state index in [0.29, 0.717) is 12.1 Å². The van der Waals surface area contributed by atoms with Crippen molar-refractivity contribution >= 4 is 5.91 Å². The van der Waals surface area contributed by atoms with Crippen molar-refractivity contribution in [3.8, 4) is 0 Å². The van der Waals surface area contributed by atoms with Crippen LogP contribution in [-0.2, 0) is 7.05 Å². The van der Waals surface area contributed by atoms with Crippen molar-refractivity contribution in [1.82, 2.24) is 15.1 Å². The van der Waals surface area contributed by atoms with E-state index in [0.717, 1.165) is 6.42 Å². The highest BCUT2D eigenvalue weighted by atomic mass is 16.3. The summed E-state index contributed by atoms with van der Waals surface area (Å²) in [7, 11) is 1.73. The van der Waals surface area contributed by atoms with Crippen LogP contribution in [0, 0.1) is 0 Å². The number of aryl methyl sites for hydroxylation is 1. The number of nitrogens with one attached hydrogen (secondary N) is 1. The third-order valence-corrected chi connectivity index (χ3v) is 2.23. The van der Waals surface area contributed by atoms with Crippen LogP contribution in [0.1, 0.15) is 30.3 Å². The summed E-state index contributed by atoms with van der Waals surface area (Å²) < 4.78 is 1.54. The van der Waals surface area contributed by atoms with E-state index in [4.69, 9.17) is 5.11 Å². The van der Waals surface area contributed by atoms with Gasteiger partial charge in [-0.15, -0.1) is 0 Å². The van der Waals surface area contributed by atoms with Crippen LogP contribution in [0.2, 0.25) is 0 Å². The van der Waals surface area contributed by atoms with Crippen molar-refractivity contribution in [2.75, 3.05) is 6.61 Å². The summed E-state index contributed by atoms with van der Waals surface area (Å²) in [6.45, 7) is 2.08. The fourth-order valence-electron chi connectivity index (χ4n) is 1.36. The van der Waals surface area contributed by atoms with Gasteiger partial charge in [-0.25, -0.2) is 0 Å². The molecule has 1 amide bonds. The first-order chi connectivity index (χ1) is 7.15. The van der Waals surface area contributed by atoms with Gasteiger partial charge in [0.1, 0.15) is 5.69 Å². The van der Waals surface area contributed by atoms with E-state index in [2.05, 4.69) is 10.4 Å². The van der Waals surface area contributed by atoms with Crippen LogP contribution in [0.15, 0.2) is 12.3 Å². The molecule has 1 unspecified atom stereocenters. The summed E-state index contributed by atoms with van der Waals surface area (Å²) in [5.74, 6) is -0.125. The predicted molar refractivity (Wildman–Crippen MR) is 56.5 cm³/mol. The fourth-order valence-corrected chi connectivity index (χ4v) is 1.36. The van der Waals surface area contributed by atoms with Crippen LogP contribution >= 0.6 is 0 Å². The highest BCUT2D eigenvalue weighted by Gasteiger charge is 2.12. The lowest BCUT2D eigenvalue weighted by Crippen LogP contribution is -2.33. The molecule has 1 heterocycles. The number of aliphatic hydroxyl groups is 1. The topological polar surface area (TPSA) is 67.2 Å². The lowest BCUT2D eigenvalue weighted by atomic mass is 10.2. The Morgan fingerprint density at radius 3 is 3.00 bits per heavy atom.